The highest BCUT2D eigenvalue weighted by Crippen LogP contribution is 2.22. The lowest BCUT2D eigenvalue weighted by Gasteiger charge is -2.17. The molecule has 0 fully saturated rings. The Kier molecular flexibility index (Phi) is 5.09. The molecule has 22 heavy (non-hydrogen) atoms. The maximum absolute atomic E-state index is 12.2. The average Bonchev–Trinajstić information content (AvgIpc) is 2.42. The van der Waals surface area contributed by atoms with Crippen molar-refractivity contribution in [3.63, 3.8) is 0 Å². The summed E-state index contributed by atoms with van der Waals surface area (Å²) in [5, 5.41) is 6.53. The lowest BCUT2D eigenvalue weighted by molar-refractivity contribution is 0.249. The van der Waals surface area contributed by atoms with Gasteiger partial charge in [0.05, 0.1) is 6.04 Å². The van der Waals surface area contributed by atoms with Crippen molar-refractivity contribution in [2.75, 3.05) is 5.32 Å². The zero-order valence-electron chi connectivity index (χ0n) is 13.3. The van der Waals surface area contributed by atoms with Crippen LogP contribution < -0.4 is 10.6 Å². The van der Waals surface area contributed by atoms with Gasteiger partial charge in [0.25, 0.3) is 0 Å². The minimum Gasteiger partial charge on any atom is -0.331 e. The molecule has 1 atom stereocenters. The molecule has 0 heterocycles. The molecule has 2 aromatic carbocycles. The van der Waals surface area contributed by atoms with E-state index in [2.05, 4.69) is 22.8 Å². The fourth-order valence-electron chi connectivity index (χ4n) is 2.58. The number of benzene rings is 2. The Morgan fingerprint density at radius 1 is 1.09 bits per heavy atom. The molecule has 0 saturated heterocycles. The Labute approximate surface area is 136 Å². The van der Waals surface area contributed by atoms with E-state index in [1.165, 1.54) is 5.56 Å². The summed E-state index contributed by atoms with van der Waals surface area (Å²) in [5.41, 5.74) is 5.14. The Hall–Kier alpha value is -2.00. The van der Waals surface area contributed by atoms with Crippen LogP contribution in [0.1, 0.15) is 35.2 Å². The molecule has 0 saturated carbocycles. The number of amides is 2. The third-order valence-corrected chi connectivity index (χ3v) is 3.85. The second-order valence-corrected chi connectivity index (χ2v) is 6.09. The van der Waals surface area contributed by atoms with Gasteiger partial charge in [-0.2, -0.15) is 0 Å². The van der Waals surface area contributed by atoms with Gasteiger partial charge in [-0.15, -0.1) is 0 Å². The van der Waals surface area contributed by atoms with Crippen molar-refractivity contribution in [3.05, 3.63) is 63.7 Å². The number of carbonyl (C=O) groups excluding carboxylic acids is 1. The van der Waals surface area contributed by atoms with E-state index in [9.17, 15) is 4.79 Å². The van der Waals surface area contributed by atoms with Gasteiger partial charge in [0.15, 0.2) is 0 Å². The molecule has 0 radical (unpaired) electrons. The van der Waals surface area contributed by atoms with Gasteiger partial charge >= 0.3 is 6.03 Å². The molecule has 0 aliphatic rings. The number of rotatable bonds is 3. The molecule has 0 aromatic heterocycles. The highest BCUT2D eigenvalue weighted by Gasteiger charge is 2.12. The second kappa shape index (κ2) is 6.84. The molecule has 0 aliphatic heterocycles. The third kappa shape index (κ3) is 4.01. The molecule has 2 N–H and O–H groups in total. The van der Waals surface area contributed by atoms with E-state index < -0.39 is 0 Å². The Morgan fingerprint density at radius 3 is 2.32 bits per heavy atom. The van der Waals surface area contributed by atoms with Crippen molar-refractivity contribution in [3.8, 4) is 0 Å². The van der Waals surface area contributed by atoms with Crippen LogP contribution >= 0.6 is 11.6 Å². The number of nitrogens with one attached hydrogen (secondary N) is 2. The van der Waals surface area contributed by atoms with E-state index in [1.54, 1.807) is 0 Å². The molecular formula is C18H21ClN2O. The first-order valence-corrected chi connectivity index (χ1v) is 7.65. The van der Waals surface area contributed by atoms with Crippen LogP contribution in [-0.4, -0.2) is 6.03 Å². The molecule has 2 amide bonds. The number of aryl methyl sites for hydroxylation is 3. The second-order valence-electron chi connectivity index (χ2n) is 5.65. The predicted octanol–water partition coefficient (Wildman–Crippen LogP) is 5.15. The Balaban J connectivity index is 2.07. The number of carbonyl (C=O) groups is 1. The van der Waals surface area contributed by atoms with E-state index in [-0.39, 0.29) is 12.1 Å². The van der Waals surface area contributed by atoms with Crippen molar-refractivity contribution in [1.82, 2.24) is 5.32 Å². The monoisotopic (exact) mass is 316 g/mol. The van der Waals surface area contributed by atoms with Crippen molar-refractivity contribution < 1.29 is 4.79 Å². The van der Waals surface area contributed by atoms with Crippen LogP contribution in [0.25, 0.3) is 0 Å². The van der Waals surface area contributed by atoms with Gasteiger partial charge in [0.1, 0.15) is 0 Å². The topological polar surface area (TPSA) is 41.1 Å². The summed E-state index contributed by atoms with van der Waals surface area (Å²) in [4.78, 5) is 12.2. The molecule has 0 spiro atoms. The van der Waals surface area contributed by atoms with Gasteiger partial charge in [-0.25, -0.2) is 4.79 Å². The molecule has 2 rings (SSSR count). The SMILES string of the molecule is Cc1cc(C)c(NC(=O)N[C@@H](C)c2cccc(Cl)c2)c(C)c1. The Bertz CT molecular complexity index is 674. The van der Waals surface area contributed by atoms with Crippen LogP contribution in [0.15, 0.2) is 36.4 Å². The first-order valence-electron chi connectivity index (χ1n) is 7.27. The van der Waals surface area contributed by atoms with Gasteiger partial charge in [-0.05, 0) is 56.5 Å². The van der Waals surface area contributed by atoms with Gasteiger partial charge in [0, 0.05) is 10.7 Å². The smallest absolute Gasteiger partial charge is 0.319 e. The van der Waals surface area contributed by atoms with Gasteiger partial charge in [-0.1, -0.05) is 41.4 Å². The standard InChI is InChI=1S/C18H21ClN2O/c1-11-8-12(2)17(13(3)9-11)21-18(22)20-14(4)15-6-5-7-16(19)10-15/h5-10,14H,1-4H3,(H2,20,21,22)/t14-/m0/s1. The fraction of sp³-hybridized carbons (Fsp3) is 0.278. The van der Waals surface area contributed by atoms with E-state index in [4.69, 9.17) is 11.6 Å². The molecule has 0 bridgehead atoms. The van der Waals surface area contributed by atoms with Crippen molar-refractivity contribution in [2.24, 2.45) is 0 Å². The number of halogens is 1. The molecule has 4 heteroatoms. The van der Waals surface area contributed by atoms with Crippen LogP contribution in [-0.2, 0) is 0 Å². The van der Waals surface area contributed by atoms with Crippen LogP contribution in [0.5, 0.6) is 0 Å². The minimum atomic E-state index is -0.220. The summed E-state index contributed by atoms with van der Waals surface area (Å²) in [5.74, 6) is 0. The summed E-state index contributed by atoms with van der Waals surface area (Å²) in [7, 11) is 0. The number of hydrogen-bond donors (Lipinski definition) is 2. The van der Waals surface area contributed by atoms with Gasteiger partial charge in [0.2, 0.25) is 0 Å². The summed E-state index contributed by atoms with van der Waals surface area (Å²) in [6, 6.07) is 11.3. The first-order chi connectivity index (χ1) is 10.4. The largest absolute Gasteiger partial charge is 0.331 e. The fourth-order valence-corrected chi connectivity index (χ4v) is 2.78. The lowest BCUT2D eigenvalue weighted by Crippen LogP contribution is -2.31. The van der Waals surface area contributed by atoms with Gasteiger partial charge in [-0.3, -0.25) is 0 Å². The summed E-state index contributed by atoms with van der Waals surface area (Å²) in [6.07, 6.45) is 0. The summed E-state index contributed by atoms with van der Waals surface area (Å²) in [6.45, 7) is 7.97. The molecule has 2 aromatic rings. The highest BCUT2D eigenvalue weighted by atomic mass is 35.5. The number of urea groups is 1. The Morgan fingerprint density at radius 2 is 1.73 bits per heavy atom. The average molecular weight is 317 g/mol. The first kappa shape index (κ1) is 16.4. The van der Waals surface area contributed by atoms with Crippen LogP contribution in [0.2, 0.25) is 5.02 Å². The quantitative estimate of drug-likeness (QED) is 0.808. The molecule has 3 nitrogen and oxygen atoms in total. The zero-order valence-corrected chi connectivity index (χ0v) is 14.1. The normalized spacial score (nSPS) is 11.9. The third-order valence-electron chi connectivity index (χ3n) is 3.61. The molecule has 0 unspecified atom stereocenters. The highest BCUT2D eigenvalue weighted by molar-refractivity contribution is 6.30. The van der Waals surface area contributed by atoms with Gasteiger partial charge < -0.3 is 10.6 Å². The number of hydrogen-bond acceptors (Lipinski definition) is 1. The molecule has 0 aliphatic carbocycles. The van der Waals surface area contributed by atoms with E-state index in [0.29, 0.717) is 5.02 Å². The van der Waals surface area contributed by atoms with Crippen LogP contribution in [0, 0.1) is 20.8 Å². The summed E-state index contributed by atoms with van der Waals surface area (Å²) >= 11 is 5.98. The van der Waals surface area contributed by atoms with Crippen molar-refractivity contribution in [2.45, 2.75) is 33.7 Å². The minimum absolute atomic E-state index is 0.121. The van der Waals surface area contributed by atoms with Crippen molar-refractivity contribution in [1.29, 1.82) is 0 Å². The van der Waals surface area contributed by atoms with Crippen LogP contribution in [0.4, 0.5) is 10.5 Å². The van der Waals surface area contributed by atoms with E-state index >= 15 is 0 Å². The maximum atomic E-state index is 12.2. The molecule has 116 valence electrons. The maximum Gasteiger partial charge on any atom is 0.319 e. The summed E-state index contributed by atoms with van der Waals surface area (Å²) < 4.78 is 0. The molecular weight excluding hydrogens is 296 g/mol. The van der Waals surface area contributed by atoms with Crippen molar-refractivity contribution >= 4 is 23.3 Å². The van der Waals surface area contributed by atoms with E-state index in [0.717, 1.165) is 22.4 Å². The van der Waals surface area contributed by atoms with E-state index in [1.807, 2.05) is 52.0 Å². The zero-order chi connectivity index (χ0) is 16.3. The number of anilines is 1. The predicted molar refractivity (Wildman–Crippen MR) is 92.7 cm³/mol. The van der Waals surface area contributed by atoms with Crippen LogP contribution in [0.3, 0.4) is 0 Å². The lowest BCUT2D eigenvalue weighted by atomic mass is 10.1.